The monoisotopic (exact) mass is 284 g/mol. The molecule has 0 spiro atoms. The summed E-state index contributed by atoms with van der Waals surface area (Å²) in [6.07, 6.45) is 3.99. The molecule has 0 atom stereocenters. The van der Waals surface area contributed by atoms with E-state index < -0.39 is 0 Å². The SMILES string of the molecule is Cn1nccc1CCNc1cc2nc[nH]c(=O)c2cc1N. The van der Waals surface area contributed by atoms with Crippen molar-refractivity contribution in [2.24, 2.45) is 7.05 Å². The fourth-order valence-corrected chi connectivity index (χ4v) is 2.26. The minimum Gasteiger partial charge on any atom is -0.397 e. The molecular weight excluding hydrogens is 268 g/mol. The molecule has 0 aliphatic carbocycles. The summed E-state index contributed by atoms with van der Waals surface area (Å²) >= 11 is 0. The number of nitrogen functional groups attached to an aromatic ring is 1. The standard InChI is InChI=1S/C14H16N6O/c1-20-9(3-5-19-20)2-4-16-13-7-12-10(6-11(13)15)14(21)18-8-17-12/h3,5-8,16H,2,4,15H2,1H3,(H,17,18,21). The van der Waals surface area contributed by atoms with E-state index in [2.05, 4.69) is 20.4 Å². The molecule has 3 aromatic rings. The van der Waals surface area contributed by atoms with Crippen molar-refractivity contribution in [3.8, 4) is 0 Å². The van der Waals surface area contributed by atoms with Crippen molar-refractivity contribution in [1.29, 1.82) is 0 Å². The molecule has 0 amide bonds. The summed E-state index contributed by atoms with van der Waals surface area (Å²) in [6, 6.07) is 5.42. The lowest BCUT2D eigenvalue weighted by Crippen LogP contribution is -2.11. The van der Waals surface area contributed by atoms with Gasteiger partial charge in [0, 0.05) is 31.9 Å². The fraction of sp³-hybridized carbons (Fsp3) is 0.214. The summed E-state index contributed by atoms with van der Waals surface area (Å²) < 4.78 is 1.84. The Bertz CT molecular complexity index is 835. The summed E-state index contributed by atoms with van der Waals surface area (Å²) in [6.45, 7) is 0.721. The lowest BCUT2D eigenvalue weighted by Gasteiger charge is -2.10. The highest BCUT2D eigenvalue weighted by atomic mass is 16.1. The molecule has 4 N–H and O–H groups in total. The number of nitrogens with two attached hydrogens (primary N) is 1. The van der Waals surface area contributed by atoms with Crippen molar-refractivity contribution in [2.45, 2.75) is 6.42 Å². The van der Waals surface area contributed by atoms with Gasteiger partial charge in [-0.25, -0.2) is 4.98 Å². The molecule has 0 aliphatic heterocycles. The topological polar surface area (TPSA) is 102 Å². The second kappa shape index (κ2) is 5.28. The first-order chi connectivity index (χ1) is 10.1. The van der Waals surface area contributed by atoms with E-state index in [4.69, 9.17) is 5.73 Å². The van der Waals surface area contributed by atoms with E-state index in [0.717, 1.165) is 24.3 Å². The summed E-state index contributed by atoms with van der Waals surface area (Å²) in [5, 5.41) is 7.89. The quantitative estimate of drug-likeness (QED) is 0.618. The van der Waals surface area contributed by atoms with Crippen LogP contribution in [0.4, 0.5) is 11.4 Å². The van der Waals surface area contributed by atoms with Gasteiger partial charge in [-0.05, 0) is 18.2 Å². The number of hydrogen-bond donors (Lipinski definition) is 3. The summed E-state index contributed by atoms with van der Waals surface area (Å²) in [5.74, 6) is 0. The van der Waals surface area contributed by atoms with Gasteiger partial charge >= 0.3 is 0 Å². The van der Waals surface area contributed by atoms with Crippen LogP contribution in [-0.4, -0.2) is 26.3 Å². The molecule has 3 rings (SSSR count). The Morgan fingerprint density at radius 1 is 1.43 bits per heavy atom. The molecular formula is C14H16N6O. The minimum absolute atomic E-state index is 0.187. The molecule has 108 valence electrons. The number of benzene rings is 1. The second-order valence-corrected chi connectivity index (χ2v) is 4.81. The van der Waals surface area contributed by atoms with Crippen molar-refractivity contribution >= 4 is 22.3 Å². The Balaban J connectivity index is 1.79. The molecule has 0 fully saturated rings. The van der Waals surface area contributed by atoms with Crippen LogP contribution in [0.3, 0.4) is 0 Å². The zero-order valence-corrected chi connectivity index (χ0v) is 11.6. The first-order valence-corrected chi connectivity index (χ1v) is 6.63. The van der Waals surface area contributed by atoms with Crippen LogP contribution >= 0.6 is 0 Å². The molecule has 7 nitrogen and oxygen atoms in total. The van der Waals surface area contributed by atoms with Gasteiger partial charge in [-0.3, -0.25) is 9.48 Å². The van der Waals surface area contributed by atoms with Gasteiger partial charge in [0.05, 0.1) is 28.6 Å². The first-order valence-electron chi connectivity index (χ1n) is 6.63. The average Bonchev–Trinajstić information content (AvgIpc) is 2.86. The van der Waals surface area contributed by atoms with Gasteiger partial charge in [-0.1, -0.05) is 0 Å². The van der Waals surface area contributed by atoms with Gasteiger partial charge in [-0.15, -0.1) is 0 Å². The maximum atomic E-state index is 11.7. The average molecular weight is 284 g/mol. The van der Waals surface area contributed by atoms with E-state index in [1.165, 1.54) is 6.33 Å². The number of rotatable bonds is 4. The van der Waals surface area contributed by atoms with Crippen LogP contribution in [0.1, 0.15) is 5.69 Å². The fourth-order valence-electron chi connectivity index (χ4n) is 2.26. The number of anilines is 2. The molecule has 0 bridgehead atoms. The van der Waals surface area contributed by atoms with E-state index >= 15 is 0 Å². The second-order valence-electron chi connectivity index (χ2n) is 4.81. The Morgan fingerprint density at radius 2 is 2.29 bits per heavy atom. The van der Waals surface area contributed by atoms with Crippen molar-refractivity contribution in [2.75, 3.05) is 17.6 Å². The van der Waals surface area contributed by atoms with Crippen LogP contribution in [0.25, 0.3) is 10.9 Å². The van der Waals surface area contributed by atoms with Gasteiger partial charge < -0.3 is 16.0 Å². The number of hydrogen-bond acceptors (Lipinski definition) is 5. The predicted molar refractivity (Wildman–Crippen MR) is 82.2 cm³/mol. The number of H-pyrrole nitrogens is 1. The molecule has 7 heteroatoms. The highest BCUT2D eigenvalue weighted by molar-refractivity contribution is 5.88. The highest BCUT2D eigenvalue weighted by Gasteiger charge is 2.06. The molecule has 2 heterocycles. The van der Waals surface area contributed by atoms with Crippen molar-refractivity contribution < 1.29 is 0 Å². The molecule has 21 heavy (non-hydrogen) atoms. The lowest BCUT2D eigenvalue weighted by atomic mass is 10.2. The maximum Gasteiger partial charge on any atom is 0.258 e. The van der Waals surface area contributed by atoms with E-state index in [-0.39, 0.29) is 5.56 Å². The number of fused-ring (bicyclic) bond motifs is 1. The van der Waals surface area contributed by atoms with E-state index in [1.807, 2.05) is 17.8 Å². The lowest BCUT2D eigenvalue weighted by molar-refractivity contribution is 0.711. The van der Waals surface area contributed by atoms with Crippen LogP contribution in [0.2, 0.25) is 0 Å². The number of aromatic nitrogens is 4. The Hall–Kier alpha value is -2.83. The smallest absolute Gasteiger partial charge is 0.258 e. The van der Waals surface area contributed by atoms with E-state index in [9.17, 15) is 4.79 Å². The summed E-state index contributed by atoms with van der Waals surface area (Å²) in [4.78, 5) is 18.4. The van der Waals surface area contributed by atoms with Crippen molar-refractivity contribution in [1.82, 2.24) is 19.7 Å². The third kappa shape index (κ3) is 2.58. The van der Waals surface area contributed by atoms with Gasteiger partial charge in [0.2, 0.25) is 0 Å². The van der Waals surface area contributed by atoms with Crippen molar-refractivity contribution in [3.63, 3.8) is 0 Å². The third-order valence-corrected chi connectivity index (χ3v) is 3.43. The zero-order valence-electron chi connectivity index (χ0n) is 11.6. The van der Waals surface area contributed by atoms with Crippen LogP contribution in [0.5, 0.6) is 0 Å². The maximum absolute atomic E-state index is 11.7. The molecule has 0 aliphatic rings. The molecule has 2 aromatic heterocycles. The van der Waals surface area contributed by atoms with Gasteiger partial charge in [0.1, 0.15) is 0 Å². The number of nitrogens with zero attached hydrogens (tertiary/aromatic N) is 3. The number of nitrogens with one attached hydrogen (secondary N) is 2. The minimum atomic E-state index is -0.187. The van der Waals surface area contributed by atoms with E-state index in [1.54, 1.807) is 18.3 Å². The number of aromatic amines is 1. The van der Waals surface area contributed by atoms with Crippen LogP contribution in [0.15, 0.2) is 35.5 Å². The molecule has 0 radical (unpaired) electrons. The predicted octanol–water partition coefficient (Wildman–Crippen LogP) is 0.893. The third-order valence-electron chi connectivity index (χ3n) is 3.43. The van der Waals surface area contributed by atoms with Crippen LogP contribution in [-0.2, 0) is 13.5 Å². The van der Waals surface area contributed by atoms with Crippen LogP contribution in [0, 0.1) is 0 Å². The highest BCUT2D eigenvalue weighted by Crippen LogP contribution is 2.22. The van der Waals surface area contributed by atoms with E-state index in [0.29, 0.717) is 16.6 Å². The van der Waals surface area contributed by atoms with Crippen LogP contribution < -0.4 is 16.6 Å². The number of aryl methyl sites for hydroxylation is 1. The van der Waals surface area contributed by atoms with Gasteiger partial charge in [-0.2, -0.15) is 5.10 Å². The zero-order chi connectivity index (χ0) is 14.8. The normalized spacial score (nSPS) is 10.9. The summed E-state index contributed by atoms with van der Waals surface area (Å²) in [5.41, 5.74) is 8.87. The van der Waals surface area contributed by atoms with Crippen molar-refractivity contribution in [3.05, 3.63) is 46.8 Å². The molecule has 1 aromatic carbocycles. The molecule has 0 saturated carbocycles. The van der Waals surface area contributed by atoms with Gasteiger partial charge in [0.15, 0.2) is 0 Å². The molecule has 0 saturated heterocycles. The largest absolute Gasteiger partial charge is 0.397 e. The Labute approximate surface area is 120 Å². The van der Waals surface area contributed by atoms with Gasteiger partial charge in [0.25, 0.3) is 5.56 Å². The molecule has 0 unspecified atom stereocenters. The summed E-state index contributed by atoms with van der Waals surface area (Å²) in [7, 11) is 1.91. The Morgan fingerprint density at radius 3 is 3.05 bits per heavy atom. The Kier molecular flexibility index (Phi) is 3.31. The first kappa shape index (κ1) is 13.2.